The molecule has 1 aliphatic heterocycles. The number of likely N-dealkylation sites (tertiary alicyclic amines) is 1. The number of hydrogen-bond acceptors (Lipinski definition) is 8. The summed E-state index contributed by atoms with van der Waals surface area (Å²) in [6.45, 7) is 2.84. The van der Waals surface area contributed by atoms with Gasteiger partial charge in [0.2, 0.25) is 5.75 Å². The van der Waals surface area contributed by atoms with E-state index < -0.39 is 17.7 Å². The molecule has 0 radical (unpaired) electrons. The number of carbonyl (C=O) groups excluding carboxylic acids is 2. The first-order valence-corrected chi connectivity index (χ1v) is 13.2. The van der Waals surface area contributed by atoms with E-state index in [4.69, 9.17) is 23.7 Å². The summed E-state index contributed by atoms with van der Waals surface area (Å²) < 4.78 is 27.6. The molecule has 1 amide bonds. The lowest BCUT2D eigenvalue weighted by molar-refractivity contribution is -0.140. The molecular weight excluding hydrogens is 526 g/mol. The Morgan fingerprint density at radius 1 is 0.902 bits per heavy atom. The highest BCUT2D eigenvalue weighted by molar-refractivity contribution is 6.46. The molecule has 216 valence electrons. The largest absolute Gasteiger partial charge is 0.507 e. The monoisotopic (exact) mass is 561 g/mol. The van der Waals surface area contributed by atoms with Gasteiger partial charge in [-0.2, -0.15) is 0 Å². The van der Waals surface area contributed by atoms with Crippen LogP contribution >= 0.6 is 0 Å². The second-order valence-electron chi connectivity index (χ2n) is 9.55. The predicted octanol–water partition coefficient (Wildman–Crippen LogP) is 5.06. The number of ketones is 1. The topological polar surface area (TPSA) is 104 Å². The zero-order valence-electron chi connectivity index (χ0n) is 23.9. The number of hydrogen-bond donors (Lipinski definition) is 1. The van der Waals surface area contributed by atoms with Gasteiger partial charge >= 0.3 is 0 Å². The van der Waals surface area contributed by atoms with Crippen molar-refractivity contribution in [2.24, 2.45) is 0 Å². The fourth-order valence-electron chi connectivity index (χ4n) is 4.97. The van der Waals surface area contributed by atoms with Crippen LogP contribution in [0, 0.1) is 6.92 Å². The lowest BCUT2D eigenvalue weighted by Crippen LogP contribution is -2.31. The lowest BCUT2D eigenvalue weighted by atomic mass is 9.93. The molecule has 1 fully saturated rings. The van der Waals surface area contributed by atoms with E-state index in [1.807, 2.05) is 37.3 Å². The number of methoxy groups -OCH3 is 4. The summed E-state index contributed by atoms with van der Waals surface area (Å²) in [5, 5.41) is 11.6. The number of rotatable bonds is 12. The Balaban J connectivity index is 1.78. The van der Waals surface area contributed by atoms with E-state index >= 15 is 0 Å². The van der Waals surface area contributed by atoms with Crippen LogP contribution in [0.3, 0.4) is 0 Å². The molecule has 0 spiro atoms. The first-order valence-electron chi connectivity index (χ1n) is 13.2. The van der Waals surface area contributed by atoms with Gasteiger partial charge in [0.05, 0.1) is 32.9 Å². The first-order chi connectivity index (χ1) is 19.8. The summed E-state index contributed by atoms with van der Waals surface area (Å²) in [4.78, 5) is 28.2. The number of aryl methyl sites for hydroxylation is 1. The van der Waals surface area contributed by atoms with Gasteiger partial charge in [-0.1, -0.05) is 30.3 Å². The van der Waals surface area contributed by atoms with Crippen LogP contribution in [0.1, 0.15) is 34.7 Å². The van der Waals surface area contributed by atoms with Crippen molar-refractivity contribution < 1.29 is 38.4 Å². The van der Waals surface area contributed by atoms with E-state index in [0.29, 0.717) is 59.3 Å². The third-order valence-electron chi connectivity index (χ3n) is 6.99. The van der Waals surface area contributed by atoms with Crippen molar-refractivity contribution in [3.63, 3.8) is 0 Å². The molecule has 0 aromatic heterocycles. The van der Waals surface area contributed by atoms with Crippen LogP contribution in [-0.2, 0) is 20.9 Å². The molecule has 1 saturated heterocycles. The molecule has 3 aromatic rings. The molecule has 4 rings (SSSR count). The van der Waals surface area contributed by atoms with Gasteiger partial charge in [0.15, 0.2) is 11.5 Å². The molecule has 0 aliphatic carbocycles. The minimum Gasteiger partial charge on any atom is -0.507 e. The smallest absolute Gasteiger partial charge is 0.295 e. The molecule has 1 heterocycles. The SMILES string of the molecule is COCCCN1C(=O)C(=O)/C(=C(/O)c2ccc(OCc3ccccc3)cc2C)[C@@H]1c1cc(OC)c(OC)c(OC)c1. The minimum atomic E-state index is -0.894. The lowest BCUT2D eigenvalue weighted by Gasteiger charge is -2.26. The summed E-state index contributed by atoms with van der Waals surface area (Å²) in [5.41, 5.74) is 2.63. The summed E-state index contributed by atoms with van der Waals surface area (Å²) in [5.74, 6) is -0.0465. The molecule has 0 unspecified atom stereocenters. The number of ether oxygens (including phenoxy) is 5. The van der Waals surface area contributed by atoms with Crippen LogP contribution < -0.4 is 18.9 Å². The van der Waals surface area contributed by atoms with E-state index in [1.54, 1.807) is 37.4 Å². The van der Waals surface area contributed by atoms with Crippen molar-refractivity contribution in [1.29, 1.82) is 0 Å². The van der Waals surface area contributed by atoms with Crippen LogP contribution in [-0.4, -0.2) is 63.3 Å². The molecule has 9 nitrogen and oxygen atoms in total. The maximum atomic E-state index is 13.5. The Morgan fingerprint density at radius 2 is 1.59 bits per heavy atom. The van der Waals surface area contributed by atoms with E-state index in [9.17, 15) is 14.7 Å². The second kappa shape index (κ2) is 13.2. The number of amides is 1. The van der Waals surface area contributed by atoms with Crippen LogP contribution in [0.2, 0.25) is 0 Å². The Labute approximate surface area is 239 Å². The van der Waals surface area contributed by atoms with E-state index in [1.165, 1.54) is 26.2 Å². The number of benzene rings is 3. The number of carbonyl (C=O) groups is 2. The number of nitrogens with zero attached hydrogens (tertiary/aromatic N) is 1. The van der Waals surface area contributed by atoms with Crippen molar-refractivity contribution in [3.05, 3.63) is 88.5 Å². The maximum absolute atomic E-state index is 13.5. The highest BCUT2D eigenvalue weighted by atomic mass is 16.5. The zero-order chi connectivity index (χ0) is 29.5. The first kappa shape index (κ1) is 29.5. The van der Waals surface area contributed by atoms with Gasteiger partial charge in [0, 0.05) is 25.8 Å². The standard InChI is InChI=1S/C32H35NO8/c1-20-16-23(41-19-21-10-7-6-8-11-21)12-13-24(20)29(34)27-28(33(14-9-15-37-2)32(36)30(27)35)22-17-25(38-3)31(40-5)26(18-22)39-4/h6-8,10-13,16-18,28,34H,9,14-15,19H2,1-5H3/b29-27+/t28-/m0/s1. The van der Waals surface area contributed by atoms with E-state index in [0.717, 1.165) is 5.56 Å². The number of Topliss-reactive ketones (excluding diaryl/α,β-unsaturated/α-hetero) is 1. The van der Waals surface area contributed by atoms with Crippen LogP contribution in [0.4, 0.5) is 0 Å². The normalized spacial score (nSPS) is 16.1. The molecule has 1 N–H and O–H groups in total. The second-order valence-corrected chi connectivity index (χ2v) is 9.55. The average molecular weight is 562 g/mol. The molecule has 0 bridgehead atoms. The number of aliphatic hydroxyl groups is 1. The average Bonchev–Trinajstić information content (AvgIpc) is 3.24. The Kier molecular flexibility index (Phi) is 9.52. The van der Waals surface area contributed by atoms with Gasteiger partial charge in [-0.15, -0.1) is 0 Å². The van der Waals surface area contributed by atoms with Gasteiger partial charge in [-0.05, 0) is 60.4 Å². The van der Waals surface area contributed by atoms with Gasteiger partial charge in [-0.25, -0.2) is 0 Å². The highest BCUT2D eigenvalue weighted by Crippen LogP contribution is 2.46. The third kappa shape index (κ3) is 6.15. The quantitative estimate of drug-likeness (QED) is 0.142. The van der Waals surface area contributed by atoms with Gasteiger partial charge < -0.3 is 33.7 Å². The molecule has 3 aromatic carbocycles. The molecule has 41 heavy (non-hydrogen) atoms. The van der Waals surface area contributed by atoms with Crippen molar-refractivity contribution >= 4 is 17.4 Å². The molecular formula is C32H35NO8. The summed E-state index contributed by atoms with van der Waals surface area (Å²) in [6.07, 6.45) is 0.497. The van der Waals surface area contributed by atoms with Crippen LogP contribution in [0.25, 0.3) is 5.76 Å². The Morgan fingerprint density at radius 3 is 2.17 bits per heavy atom. The minimum absolute atomic E-state index is 0.0252. The molecule has 0 saturated carbocycles. The summed E-state index contributed by atoms with van der Waals surface area (Å²) in [7, 11) is 6.04. The maximum Gasteiger partial charge on any atom is 0.295 e. The predicted molar refractivity (Wildman–Crippen MR) is 154 cm³/mol. The van der Waals surface area contributed by atoms with Crippen molar-refractivity contribution in [2.45, 2.75) is 26.0 Å². The molecule has 1 atom stereocenters. The fraction of sp³-hybridized carbons (Fsp3) is 0.312. The van der Waals surface area contributed by atoms with Crippen molar-refractivity contribution in [3.8, 4) is 23.0 Å². The number of aliphatic hydroxyl groups excluding tert-OH is 1. The van der Waals surface area contributed by atoms with E-state index in [-0.39, 0.29) is 17.9 Å². The van der Waals surface area contributed by atoms with Crippen molar-refractivity contribution in [1.82, 2.24) is 4.90 Å². The van der Waals surface area contributed by atoms with Gasteiger partial charge in [0.25, 0.3) is 11.7 Å². The van der Waals surface area contributed by atoms with Crippen LogP contribution in [0.5, 0.6) is 23.0 Å². The fourth-order valence-corrected chi connectivity index (χ4v) is 4.97. The highest BCUT2D eigenvalue weighted by Gasteiger charge is 2.46. The molecule has 1 aliphatic rings. The summed E-state index contributed by atoms with van der Waals surface area (Å²) in [6, 6.07) is 17.5. The van der Waals surface area contributed by atoms with Crippen LogP contribution in [0.15, 0.2) is 66.2 Å². The Bertz CT molecular complexity index is 1410. The van der Waals surface area contributed by atoms with Gasteiger partial charge in [-0.3, -0.25) is 9.59 Å². The van der Waals surface area contributed by atoms with E-state index in [2.05, 4.69) is 0 Å². The van der Waals surface area contributed by atoms with Gasteiger partial charge in [0.1, 0.15) is 18.1 Å². The summed E-state index contributed by atoms with van der Waals surface area (Å²) >= 11 is 0. The Hall–Kier alpha value is -4.50. The van der Waals surface area contributed by atoms with Crippen molar-refractivity contribution in [2.75, 3.05) is 41.6 Å². The molecule has 9 heteroatoms. The zero-order valence-corrected chi connectivity index (χ0v) is 23.9. The third-order valence-corrected chi connectivity index (χ3v) is 6.99.